The largest absolute Gasteiger partial charge is 0.349 e. The summed E-state index contributed by atoms with van der Waals surface area (Å²) < 4.78 is 0. The fourth-order valence-electron chi connectivity index (χ4n) is 3.46. The van der Waals surface area contributed by atoms with Crippen LogP contribution in [0.15, 0.2) is 30.3 Å². The van der Waals surface area contributed by atoms with Gasteiger partial charge in [-0.25, -0.2) is 0 Å². The highest BCUT2D eigenvalue weighted by molar-refractivity contribution is 5.79. The Balaban J connectivity index is 1.57. The van der Waals surface area contributed by atoms with Crippen molar-refractivity contribution in [3.63, 3.8) is 0 Å². The summed E-state index contributed by atoms with van der Waals surface area (Å²) in [6, 6.07) is 10.9. The maximum Gasteiger partial charge on any atom is 0.223 e. The Bertz CT molecular complexity index is 493. The van der Waals surface area contributed by atoms with E-state index < -0.39 is 0 Å². The van der Waals surface area contributed by atoms with Gasteiger partial charge in [0.05, 0.1) is 6.04 Å². The first-order chi connectivity index (χ1) is 11.2. The second-order valence-corrected chi connectivity index (χ2v) is 7.07. The highest BCUT2D eigenvalue weighted by Crippen LogP contribution is 2.28. The molecule has 23 heavy (non-hydrogen) atoms. The lowest BCUT2D eigenvalue weighted by Crippen LogP contribution is -2.42. The standard InChI is InChI=1S/C19H29N3O/c20-17-9-12-22(13-10-17)14-11-18(15-5-2-1-3-6-15)21-19(23)16-7-4-8-16/h1-3,5-6,16-18H,4,7-14,20H2,(H,21,23). The van der Waals surface area contributed by atoms with E-state index in [2.05, 4.69) is 34.5 Å². The lowest BCUT2D eigenvalue weighted by Gasteiger charge is -2.32. The number of carbonyl (C=O) groups is 1. The van der Waals surface area contributed by atoms with Crippen LogP contribution in [0.3, 0.4) is 0 Å². The number of likely N-dealkylation sites (tertiary alicyclic amines) is 1. The van der Waals surface area contributed by atoms with E-state index in [1.165, 1.54) is 12.0 Å². The van der Waals surface area contributed by atoms with Gasteiger partial charge in [0.15, 0.2) is 0 Å². The van der Waals surface area contributed by atoms with Crippen LogP contribution in [-0.2, 0) is 4.79 Å². The third-order valence-electron chi connectivity index (χ3n) is 5.36. The Morgan fingerprint density at radius 1 is 1.17 bits per heavy atom. The van der Waals surface area contributed by atoms with E-state index in [4.69, 9.17) is 5.73 Å². The smallest absolute Gasteiger partial charge is 0.223 e. The van der Waals surface area contributed by atoms with Crippen LogP contribution in [0, 0.1) is 5.92 Å². The minimum absolute atomic E-state index is 0.125. The first-order valence-corrected chi connectivity index (χ1v) is 9.05. The Labute approximate surface area is 139 Å². The zero-order chi connectivity index (χ0) is 16.1. The first-order valence-electron chi connectivity index (χ1n) is 9.05. The first kappa shape index (κ1) is 16.5. The van der Waals surface area contributed by atoms with E-state index in [9.17, 15) is 4.79 Å². The number of amides is 1. The highest BCUT2D eigenvalue weighted by atomic mass is 16.2. The summed E-state index contributed by atoms with van der Waals surface area (Å²) in [5.74, 6) is 0.486. The SMILES string of the molecule is NC1CCN(CCC(NC(=O)C2CCC2)c2ccccc2)CC1. The normalized spacial score (nSPS) is 21.6. The maximum absolute atomic E-state index is 12.4. The van der Waals surface area contributed by atoms with Gasteiger partial charge in [0.1, 0.15) is 0 Å². The number of nitrogens with zero attached hydrogens (tertiary/aromatic N) is 1. The number of hydrogen-bond donors (Lipinski definition) is 2. The van der Waals surface area contributed by atoms with Crippen LogP contribution >= 0.6 is 0 Å². The molecule has 0 aromatic heterocycles. The number of piperidine rings is 1. The van der Waals surface area contributed by atoms with Gasteiger partial charge in [-0.2, -0.15) is 0 Å². The molecule has 0 radical (unpaired) electrons. The number of benzene rings is 1. The van der Waals surface area contributed by atoms with Crippen LogP contribution in [0.4, 0.5) is 0 Å². The van der Waals surface area contributed by atoms with E-state index >= 15 is 0 Å². The summed E-state index contributed by atoms with van der Waals surface area (Å²) in [6.45, 7) is 3.19. The summed E-state index contributed by atoms with van der Waals surface area (Å²) in [5, 5.41) is 3.29. The molecule has 3 N–H and O–H groups in total. The average Bonchev–Trinajstić information content (AvgIpc) is 2.52. The number of carbonyl (C=O) groups excluding carboxylic acids is 1. The monoisotopic (exact) mass is 315 g/mol. The fraction of sp³-hybridized carbons (Fsp3) is 0.632. The lowest BCUT2D eigenvalue weighted by molar-refractivity contribution is -0.128. The number of rotatable bonds is 6. The topological polar surface area (TPSA) is 58.4 Å². The van der Waals surface area contributed by atoms with Gasteiger partial charge in [0, 0.05) is 18.5 Å². The van der Waals surface area contributed by atoms with Crippen LogP contribution in [0.5, 0.6) is 0 Å². The number of nitrogens with two attached hydrogens (primary N) is 1. The second kappa shape index (κ2) is 7.93. The number of hydrogen-bond acceptors (Lipinski definition) is 3. The van der Waals surface area contributed by atoms with Crippen molar-refractivity contribution in [2.75, 3.05) is 19.6 Å². The fourth-order valence-corrected chi connectivity index (χ4v) is 3.46. The highest BCUT2D eigenvalue weighted by Gasteiger charge is 2.27. The average molecular weight is 315 g/mol. The molecular formula is C19H29N3O. The third kappa shape index (κ3) is 4.55. The lowest BCUT2D eigenvalue weighted by atomic mass is 9.84. The van der Waals surface area contributed by atoms with Gasteiger partial charge in [-0.1, -0.05) is 36.8 Å². The molecule has 2 aliphatic rings. The van der Waals surface area contributed by atoms with Crippen LogP contribution < -0.4 is 11.1 Å². The molecule has 1 heterocycles. The molecule has 1 saturated carbocycles. The molecule has 4 heteroatoms. The van der Waals surface area contributed by atoms with Crippen LogP contribution in [-0.4, -0.2) is 36.5 Å². The zero-order valence-corrected chi connectivity index (χ0v) is 13.9. The van der Waals surface area contributed by atoms with Crippen molar-refractivity contribution in [1.29, 1.82) is 0 Å². The predicted octanol–water partition coefficient (Wildman–Crippen LogP) is 2.46. The van der Waals surface area contributed by atoms with Gasteiger partial charge in [-0.3, -0.25) is 4.79 Å². The molecule has 1 unspecified atom stereocenters. The van der Waals surface area contributed by atoms with E-state index in [1.807, 2.05) is 6.07 Å². The van der Waals surface area contributed by atoms with Crippen molar-refractivity contribution in [1.82, 2.24) is 10.2 Å². The molecule has 3 rings (SSSR count). The van der Waals surface area contributed by atoms with Gasteiger partial charge in [-0.05, 0) is 50.8 Å². The molecule has 0 spiro atoms. The van der Waals surface area contributed by atoms with Crippen molar-refractivity contribution in [3.05, 3.63) is 35.9 Å². The van der Waals surface area contributed by atoms with E-state index in [0.717, 1.165) is 51.7 Å². The van der Waals surface area contributed by atoms with Gasteiger partial charge in [-0.15, -0.1) is 0 Å². The molecule has 1 aliphatic heterocycles. The Kier molecular flexibility index (Phi) is 5.68. The quantitative estimate of drug-likeness (QED) is 0.848. The van der Waals surface area contributed by atoms with Gasteiger partial charge in [0.2, 0.25) is 5.91 Å². The minimum Gasteiger partial charge on any atom is -0.349 e. The summed E-state index contributed by atoms with van der Waals surface area (Å²) in [4.78, 5) is 14.8. The molecular weight excluding hydrogens is 286 g/mol. The van der Waals surface area contributed by atoms with E-state index in [0.29, 0.717) is 6.04 Å². The molecule has 1 amide bonds. The predicted molar refractivity (Wildman–Crippen MR) is 92.9 cm³/mol. The summed E-state index contributed by atoms with van der Waals surface area (Å²) in [7, 11) is 0. The molecule has 1 aromatic carbocycles. The zero-order valence-electron chi connectivity index (χ0n) is 13.9. The van der Waals surface area contributed by atoms with E-state index in [1.54, 1.807) is 0 Å². The summed E-state index contributed by atoms with van der Waals surface area (Å²) in [6.07, 6.45) is 6.45. The van der Waals surface area contributed by atoms with Crippen molar-refractivity contribution in [3.8, 4) is 0 Å². The van der Waals surface area contributed by atoms with Gasteiger partial charge in [0.25, 0.3) is 0 Å². The molecule has 126 valence electrons. The summed E-state index contributed by atoms with van der Waals surface area (Å²) >= 11 is 0. The molecule has 0 bridgehead atoms. The summed E-state index contributed by atoms with van der Waals surface area (Å²) in [5.41, 5.74) is 7.20. The van der Waals surface area contributed by atoms with Crippen LogP contribution in [0.1, 0.15) is 50.1 Å². The Morgan fingerprint density at radius 2 is 1.87 bits per heavy atom. The van der Waals surface area contributed by atoms with Crippen molar-refractivity contribution < 1.29 is 4.79 Å². The Morgan fingerprint density at radius 3 is 2.48 bits per heavy atom. The van der Waals surface area contributed by atoms with Gasteiger partial charge < -0.3 is 16.0 Å². The molecule has 1 aromatic rings. The second-order valence-electron chi connectivity index (χ2n) is 7.07. The van der Waals surface area contributed by atoms with Crippen molar-refractivity contribution >= 4 is 5.91 Å². The molecule has 1 saturated heterocycles. The van der Waals surface area contributed by atoms with Crippen molar-refractivity contribution in [2.45, 2.75) is 50.6 Å². The Hall–Kier alpha value is -1.39. The molecule has 2 fully saturated rings. The molecule has 1 aliphatic carbocycles. The van der Waals surface area contributed by atoms with Gasteiger partial charge >= 0.3 is 0 Å². The van der Waals surface area contributed by atoms with Crippen LogP contribution in [0.25, 0.3) is 0 Å². The third-order valence-corrected chi connectivity index (χ3v) is 5.36. The minimum atomic E-state index is 0.125. The molecule has 4 nitrogen and oxygen atoms in total. The maximum atomic E-state index is 12.4. The van der Waals surface area contributed by atoms with Crippen molar-refractivity contribution in [2.24, 2.45) is 11.7 Å². The number of nitrogens with one attached hydrogen (secondary N) is 1. The van der Waals surface area contributed by atoms with E-state index in [-0.39, 0.29) is 17.9 Å². The van der Waals surface area contributed by atoms with Crippen LogP contribution in [0.2, 0.25) is 0 Å². The molecule has 1 atom stereocenters.